The Labute approximate surface area is 478 Å². The van der Waals surface area contributed by atoms with Crippen molar-refractivity contribution >= 4 is 68.6 Å². The van der Waals surface area contributed by atoms with E-state index in [4.69, 9.17) is 0 Å². The number of hydrogen-bond donors (Lipinski definition) is 0. The molecule has 0 N–H and O–H groups in total. The monoisotopic (exact) mass is 1040 g/mol. The predicted molar refractivity (Wildman–Crippen MR) is 344 cm³/mol. The summed E-state index contributed by atoms with van der Waals surface area (Å²) in [5, 5.41) is 0. The summed E-state index contributed by atoms with van der Waals surface area (Å²) in [6.45, 7) is 33.2. The molecule has 3 nitrogen and oxygen atoms in total. The Morgan fingerprint density at radius 3 is 1.57 bits per heavy atom. The molecule has 0 bridgehead atoms. The van der Waals surface area contributed by atoms with E-state index in [0.29, 0.717) is 0 Å². The van der Waals surface area contributed by atoms with E-state index < -0.39 is 0 Å². The van der Waals surface area contributed by atoms with Gasteiger partial charge in [-0.05, 0) is 174 Å². The van der Waals surface area contributed by atoms with Crippen LogP contribution < -0.4 is 31.1 Å². The van der Waals surface area contributed by atoms with Crippen LogP contribution >= 0.6 is 0 Å². The van der Waals surface area contributed by atoms with Crippen LogP contribution in [0.3, 0.4) is 0 Å². The van der Waals surface area contributed by atoms with Crippen molar-refractivity contribution in [2.75, 3.05) is 14.7 Å². The molecular weight excluding hydrogens is 966 g/mol. The number of nitrogens with zero attached hydrogens (tertiary/aromatic N) is 3. The van der Waals surface area contributed by atoms with Gasteiger partial charge < -0.3 is 14.7 Å². The standard InChI is InChI=1S/C76H78BN3/c1-71(2,3)53-30-34-57(35-31-53)78-67-48-58(80-65-40-33-55(73(7,8)9)45-61(65)75(13)42-41-51-27-21-22-28-60(51)76(75,80)14)36-37-62(67)77-63-43-52(49-23-17-15-18-24-49)29-38-66(63)79(69-47-56(74(10,11)12)46-68(78)70(69)77)64-39-32-54(72(4,5)6)44-59(64)50-25-19-16-20-26-50/h15-40,43-48H,41-42H2,1-14H3. The molecule has 3 aliphatic heterocycles. The Hall–Kier alpha value is -7.56. The van der Waals surface area contributed by atoms with Crippen molar-refractivity contribution in [3.63, 3.8) is 0 Å². The van der Waals surface area contributed by atoms with E-state index in [1.807, 2.05) is 0 Å². The van der Waals surface area contributed by atoms with Gasteiger partial charge in [-0.15, -0.1) is 0 Å². The molecule has 0 aromatic heterocycles. The lowest BCUT2D eigenvalue weighted by molar-refractivity contribution is 0.245. The Morgan fingerprint density at radius 2 is 0.925 bits per heavy atom. The highest BCUT2D eigenvalue weighted by Gasteiger charge is 2.60. The van der Waals surface area contributed by atoms with Crippen LogP contribution in [0, 0.1) is 0 Å². The Morgan fingerprint density at radius 1 is 0.375 bits per heavy atom. The highest BCUT2D eigenvalue weighted by molar-refractivity contribution is 7.00. The van der Waals surface area contributed by atoms with Crippen molar-refractivity contribution < 1.29 is 0 Å². The highest BCUT2D eigenvalue weighted by atomic mass is 15.3. The number of anilines is 8. The lowest BCUT2D eigenvalue weighted by Crippen LogP contribution is -2.61. The molecule has 0 spiro atoms. The summed E-state index contributed by atoms with van der Waals surface area (Å²) in [5.74, 6) is 0. The molecule has 0 amide bonds. The van der Waals surface area contributed by atoms with Crippen LogP contribution in [-0.4, -0.2) is 6.71 Å². The van der Waals surface area contributed by atoms with Gasteiger partial charge in [0.1, 0.15) is 0 Å². The average Bonchev–Trinajstić information content (AvgIpc) is 3.49. The third kappa shape index (κ3) is 7.97. The Balaban J connectivity index is 1.13. The van der Waals surface area contributed by atoms with Crippen molar-refractivity contribution in [1.29, 1.82) is 0 Å². The molecule has 0 radical (unpaired) electrons. The zero-order valence-electron chi connectivity index (χ0n) is 49.8. The number of rotatable bonds is 5. The summed E-state index contributed by atoms with van der Waals surface area (Å²) >= 11 is 0. The molecule has 0 saturated heterocycles. The maximum atomic E-state index is 2.76. The van der Waals surface area contributed by atoms with Gasteiger partial charge in [0.2, 0.25) is 0 Å². The van der Waals surface area contributed by atoms with Gasteiger partial charge in [-0.3, -0.25) is 0 Å². The van der Waals surface area contributed by atoms with Gasteiger partial charge in [-0.25, -0.2) is 0 Å². The average molecular weight is 1040 g/mol. The maximum Gasteiger partial charge on any atom is 0.252 e. The fourth-order valence-electron chi connectivity index (χ4n) is 14.2. The molecule has 2 atom stereocenters. The van der Waals surface area contributed by atoms with Gasteiger partial charge in [0.25, 0.3) is 6.71 Å². The van der Waals surface area contributed by atoms with Crippen molar-refractivity contribution in [3.05, 3.63) is 233 Å². The molecule has 80 heavy (non-hydrogen) atoms. The Kier molecular flexibility index (Phi) is 11.7. The van der Waals surface area contributed by atoms with Crippen LogP contribution in [0.2, 0.25) is 0 Å². The highest BCUT2D eigenvalue weighted by Crippen LogP contribution is 2.64. The van der Waals surface area contributed by atoms with E-state index >= 15 is 0 Å². The smallest absolute Gasteiger partial charge is 0.252 e. The summed E-state index contributed by atoms with van der Waals surface area (Å²) in [5.41, 5.74) is 27.5. The van der Waals surface area contributed by atoms with Crippen molar-refractivity contribution in [1.82, 2.24) is 0 Å². The minimum Gasteiger partial charge on any atom is -0.330 e. The minimum atomic E-state index is -0.366. The summed E-state index contributed by atoms with van der Waals surface area (Å²) in [4.78, 5) is 8.05. The molecule has 1 aliphatic carbocycles. The van der Waals surface area contributed by atoms with Crippen molar-refractivity contribution in [2.24, 2.45) is 0 Å². The second kappa shape index (κ2) is 18.0. The third-order valence-electron chi connectivity index (χ3n) is 19.1. The van der Waals surface area contributed by atoms with Gasteiger partial charge >= 0.3 is 0 Å². The first-order valence-corrected chi connectivity index (χ1v) is 29.4. The van der Waals surface area contributed by atoms with Gasteiger partial charge in [-0.1, -0.05) is 223 Å². The van der Waals surface area contributed by atoms with Crippen LogP contribution in [0.1, 0.15) is 142 Å². The molecule has 0 fully saturated rings. The molecule has 3 heterocycles. The summed E-state index contributed by atoms with van der Waals surface area (Å²) in [7, 11) is 0. The number of hydrogen-bond acceptors (Lipinski definition) is 3. The topological polar surface area (TPSA) is 9.72 Å². The minimum absolute atomic E-state index is 0.00400. The van der Waals surface area contributed by atoms with E-state index in [1.165, 1.54) is 117 Å². The lowest BCUT2D eigenvalue weighted by atomic mass is 9.33. The van der Waals surface area contributed by atoms with E-state index in [-0.39, 0.29) is 39.3 Å². The molecule has 13 rings (SSSR count). The quantitative estimate of drug-likeness (QED) is 0.159. The molecule has 4 aliphatic rings. The van der Waals surface area contributed by atoms with Crippen molar-refractivity contribution in [3.8, 4) is 22.3 Å². The number of aryl methyl sites for hydroxylation is 1. The van der Waals surface area contributed by atoms with Gasteiger partial charge in [0.05, 0.1) is 11.2 Å². The van der Waals surface area contributed by atoms with Crippen LogP contribution in [-0.2, 0) is 39.0 Å². The fourth-order valence-corrected chi connectivity index (χ4v) is 14.2. The van der Waals surface area contributed by atoms with Gasteiger partial charge in [0, 0.05) is 50.8 Å². The van der Waals surface area contributed by atoms with Crippen LogP contribution in [0.25, 0.3) is 22.3 Å². The third-order valence-corrected chi connectivity index (χ3v) is 19.1. The van der Waals surface area contributed by atoms with Gasteiger partial charge in [-0.2, -0.15) is 0 Å². The second-order valence-electron chi connectivity index (χ2n) is 28.2. The lowest BCUT2D eigenvalue weighted by Gasteiger charge is -2.51. The van der Waals surface area contributed by atoms with Gasteiger partial charge in [0.15, 0.2) is 0 Å². The molecular formula is C76H78BN3. The maximum absolute atomic E-state index is 2.76. The number of benzene rings is 9. The zero-order valence-corrected chi connectivity index (χ0v) is 49.8. The van der Waals surface area contributed by atoms with Crippen LogP contribution in [0.4, 0.5) is 45.5 Å². The summed E-state index contributed by atoms with van der Waals surface area (Å²) in [6.07, 6.45) is 2.13. The van der Waals surface area contributed by atoms with Crippen molar-refractivity contribution in [2.45, 2.75) is 142 Å². The van der Waals surface area contributed by atoms with Crippen LogP contribution in [0.15, 0.2) is 194 Å². The fraction of sp³-hybridized carbons (Fsp3) is 0.289. The Bertz CT molecular complexity index is 3920. The van der Waals surface area contributed by atoms with E-state index in [0.717, 1.165) is 18.5 Å². The summed E-state index contributed by atoms with van der Waals surface area (Å²) < 4.78 is 0. The SMILES string of the molecule is CC(C)(C)c1ccc(N2c3cc(N4c5ccc(C(C)(C)C)cc5C5(C)CCc6ccccc6C45C)ccc3B3c4cc(-c5ccccc5)ccc4N(c4ccc(C(C)(C)C)cc4-c4ccccc4)c4cc(C(C)(C)C)cc2c43)cc1. The first-order valence-electron chi connectivity index (χ1n) is 29.4. The van der Waals surface area contributed by atoms with E-state index in [9.17, 15) is 0 Å². The molecule has 2 unspecified atom stereocenters. The zero-order chi connectivity index (χ0) is 56.1. The second-order valence-corrected chi connectivity index (χ2v) is 28.2. The van der Waals surface area contributed by atoms with E-state index in [1.54, 1.807) is 0 Å². The number of fused-ring (bicyclic) bond motifs is 9. The first kappa shape index (κ1) is 51.9. The summed E-state index contributed by atoms with van der Waals surface area (Å²) in [6, 6.07) is 75.6. The molecule has 9 aromatic carbocycles. The molecule has 9 aromatic rings. The van der Waals surface area contributed by atoms with Crippen LogP contribution in [0.5, 0.6) is 0 Å². The molecule has 4 heteroatoms. The predicted octanol–water partition coefficient (Wildman–Crippen LogP) is 18.6. The normalized spacial score (nSPS) is 18.3. The first-order chi connectivity index (χ1) is 37.9. The van der Waals surface area contributed by atoms with E-state index in [2.05, 4.69) is 306 Å². The molecule has 0 saturated carbocycles. The largest absolute Gasteiger partial charge is 0.330 e. The molecule has 400 valence electrons.